The van der Waals surface area contributed by atoms with Crippen LogP contribution in [0.2, 0.25) is 0 Å². The van der Waals surface area contributed by atoms with Gasteiger partial charge in [0, 0.05) is 18.3 Å². The second-order valence-corrected chi connectivity index (χ2v) is 7.23. The summed E-state index contributed by atoms with van der Waals surface area (Å²) >= 11 is 0. The predicted molar refractivity (Wildman–Crippen MR) is 108 cm³/mol. The van der Waals surface area contributed by atoms with Gasteiger partial charge in [0.15, 0.2) is 18.1 Å². The second kappa shape index (κ2) is 10.4. The smallest absolute Gasteiger partial charge is 0.422 e. The van der Waals surface area contributed by atoms with Crippen molar-refractivity contribution in [1.82, 2.24) is 10.2 Å². The van der Waals surface area contributed by atoms with Gasteiger partial charge in [-0.3, -0.25) is 4.90 Å². The van der Waals surface area contributed by atoms with E-state index in [1.807, 2.05) is 12.1 Å². The zero-order valence-corrected chi connectivity index (χ0v) is 17.2. The van der Waals surface area contributed by atoms with Gasteiger partial charge in [0.2, 0.25) is 0 Å². The van der Waals surface area contributed by atoms with E-state index < -0.39 is 18.8 Å². The Labute approximate surface area is 178 Å². The number of hydrogen-bond acceptors (Lipinski definition) is 5. The Morgan fingerprint density at radius 2 is 1.97 bits per heavy atom. The van der Waals surface area contributed by atoms with Crippen LogP contribution in [0.4, 0.5) is 23.7 Å². The molecule has 170 valence electrons. The summed E-state index contributed by atoms with van der Waals surface area (Å²) in [6.45, 7) is 0.715. The minimum absolute atomic E-state index is 0.0948. The van der Waals surface area contributed by atoms with Gasteiger partial charge in [-0.1, -0.05) is 6.42 Å². The van der Waals surface area contributed by atoms with Gasteiger partial charge in [0.1, 0.15) is 5.76 Å². The van der Waals surface area contributed by atoms with Crippen LogP contribution >= 0.6 is 0 Å². The lowest BCUT2D eigenvalue weighted by Gasteiger charge is -2.33. The van der Waals surface area contributed by atoms with Gasteiger partial charge in [-0.15, -0.1) is 0 Å². The fourth-order valence-electron chi connectivity index (χ4n) is 3.51. The first-order chi connectivity index (χ1) is 14.9. The molecule has 1 aliphatic heterocycles. The van der Waals surface area contributed by atoms with Crippen LogP contribution < -0.4 is 20.1 Å². The van der Waals surface area contributed by atoms with Crippen LogP contribution in [0.3, 0.4) is 0 Å². The molecular formula is C21H26F3N3O4. The summed E-state index contributed by atoms with van der Waals surface area (Å²) in [5.74, 6) is 0.798. The number of piperidine rings is 1. The Hall–Kier alpha value is -2.88. The number of urea groups is 1. The molecule has 3 rings (SSSR count). The Morgan fingerprint density at radius 1 is 1.19 bits per heavy atom. The van der Waals surface area contributed by atoms with Crippen LogP contribution in [-0.4, -0.2) is 50.5 Å². The van der Waals surface area contributed by atoms with Gasteiger partial charge in [0.05, 0.1) is 19.4 Å². The number of halogens is 3. The standard InChI is InChI=1S/C21H26F3N3O4/c1-29-18-8-7-15(12-19(18)31-14-21(22,23)24)26-20(28)25-13-16(17-6-5-11-30-17)27-9-3-2-4-10-27/h5-8,11-12,16H,2-4,9-10,13-14H2,1H3,(H2,25,26,28). The minimum atomic E-state index is -4.48. The van der Waals surface area contributed by atoms with Gasteiger partial charge in [-0.25, -0.2) is 4.79 Å². The van der Waals surface area contributed by atoms with Crippen molar-refractivity contribution < 1.29 is 31.9 Å². The lowest BCUT2D eigenvalue weighted by atomic mass is 10.1. The fourth-order valence-corrected chi connectivity index (χ4v) is 3.51. The SMILES string of the molecule is COc1ccc(NC(=O)NCC(c2ccco2)N2CCCCC2)cc1OCC(F)(F)F. The number of rotatable bonds is 8. The Kier molecular flexibility index (Phi) is 7.67. The molecule has 0 saturated carbocycles. The van der Waals surface area contributed by atoms with Crippen molar-refractivity contribution in [1.29, 1.82) is 0 Å². The second-order valence-electron chi connectivity index (χ2n) is 7.23. The molecule has 2 aromatic rings. The van der Waals surface area contributed by atoms with Crippen LogP contribution in [0.5, 0.6) is 11.5 Å². The summed E-state index contributed by atoms with van der Waals surface area (Å²) < 4.78 is 52.8. The molecule has 31 heavy (non-hydrogen) atoms. The highest BCUT2D eigenvalue weighted by atomic mass is 19.4. The number of furan rings is 1. The number of likely N-dealkylation sites (tertiary alicyclic amines) is 1. The van der Waals surface area contributed by atoms with Crippen molar-refractivity contribution in [3.63, 3.8) is 0 Å². The van der Waals surface area contributed by atoms with E-state index in [2.05, 4.69) is 15.5 Å². The van der Waals surface area contributed by atoms with Crippen molar-refractivity contribution in [3.8, 4) is 11.5 Å². The first kappa shape index (κ1) is 22.8. The molecule has 0 aliphatic carbocycles. The quantitative estimate of drug-likeness (QED) is 0.627. The molecule has 1 unspecified atom stereocenters. The number of anilines is 1. The van der Waals surface area contributed by atoms with Crippen molar-refractivity contribution in [2.45, 2.75) is 31.5 Å². The van der Waals surface area contributed by atoms with E-state index in [4.69, 9.17) is 13.9 Å². The third-order valence-corrected chi connectivity index (χ3v) is 4.97. The number of nitrogens with one attached hydrogen (secondary N) is 2. The average Bonchev–Trinajstić information content (AvgIpc) is 3.27. The molecule has 1 aromatic heterocycles. The normalized spacial score (nSPS) is 15.9. The van der Waals surface area contributed by atoms with Gasteiger partial charge < -0.3 is 24.5 Å². The number of ether oxygens (including phenoxy) is 2. The monoisotopic (exact) mass is 441 g/mol. The number of methoxy groups -OCH3 is 1. The van der Waals surface area contributed by atoms with Crippen molar-refractivity contribution in [2.24, 2.45) is 0 Å². The highest BCUT2D eigenvalue weighted by molar-refractivity contribution is 5.89. The molecule has 7 nitrogen and oxygen atoms in total. The van der Waals surface area contributed by atoms with Gasteiger partial charge in [0.25, 0.3) is 0 Å². The number of nitrogens with zero attached hydrogens (tertiary/aromatic N) is 1. The number of amides is 2. The van der Waals surface area contributed by atoms with E-state index in [0.717, 1.165) is 31.7 Å². The maximum atomic E-state index is 12.5. The van der Waals surface area contributed by atoms with Crippen LogP contribution in [-0.2, 0) is 0 Å². The third kappa shape index (κ3) is 6.81. The van der Waals surface area contributed by atoms with E-state index in [1.165, 1.54) is 31.7 Å². The number of alkyl halides is 3. The Balaban J connectivity index is 1.61. The van der Waals surface area contributed by atoms with Crippen LogP contribution in [0, 0.1) is 0 Å². The maximum absolute atomic E-state index is 12.5. The van der Waals surface area contributed by atoms with E-state index in [1.54, 1.807) is 6.26 Å². The van der Waals surface area contributed by atoms with Crippen LogP contribution in [0.25, 0.3) is 0 Å². The first-order valence-corrected chi connectivity index (χ1v) is 10.1. The summed E-state index contributed by atoms with van der Waals surface area (Å²) in [5, 5.41) is 5.44. The average molecular weight is 441 g/mol. The summed E-state index contributed by atoms with van der Waals surface area (Å²) in [6, 6.07) is 7.36. The highest BCUT2D eigenvalue weighted by Gasteiger charge is 2.29. The largest absolute Gasteiger partial charge is 0.493 e. The summed E-state index contributed by atoms with van der Waals surface area (Å²) in [5.41, 5.74) is 0.281. The fraction of sp³-hybridized carbons (Fsp3) is 0.476. The minimum Gasteiger partial charge on any atom is -0.493 e. The highest BCUT2D eigenvalue weighted by Crippen LogP contribution is 2.31. The van der Waals surface area contributed by atoms with Gasteiger partial charge in [-0.05, 0) is 50.2 Å². The Morgan fingerprint density at radius 3 is 2.61 bits per heavy atom. The first-order valence-electron chi connectivity index (χ1n) is 10.1. The molecule has 1 atom stereocenters. The molecule has 0 radical (unpaired) electrons. The molecular weight excluding hydrogens is 415 g/mol. The predicted octanol–water partition coefficient (Wildman–Crippen LogP) is 4.58. The summed E-state index contributed by atoms with van der Waals surface area (Å²) in [7, 11) is 1.32. The van der Waals surface area contributed by atoms with E-state index in [0.29, 0.717) is 6.54 Å². The number of carbonyl (C=O) groups excluding carboxylic acids is 1. The topological polar surface area (TPSA) is 76.0 Å². The number of benzene rings is 1. The lowest BCUT2D eigenvalue weighted by Crippen LogP contribution is -2.41. The van der Waals surface area contributed by atoms with Gasteiger partial charge in [-0.2, -0.15) is 13.2 Å². The molecule has 2 amide bonds. The maximum Gasteiger partial charge on any atom is 0.422 e. The van der Waals surface area contributed by atoms with Crippen LogP contribution in [0.1, 0.15) is 31.1 Å². The molecule has 0 spiro atoms. The van der Waals surface area contributed by atoms with Gasteiger partial charge >= 0.3 is 12.2 Å². The van der Waals surface area contributed by atoms with E-state index in [-0.39, 0.29) is 23.2 Å². The molecule has 1 aromatic carbocycles. The molecule has 0 bridgehead atoms. The third-order valence-electron chi connectivity index (χ3n) is 4.97. The molecule has 1 fully saturated rings. The zero-order valence-electron chi connectivity index (χ0n) is 17.2. The molecule has 1 saturated heterocycles. The van der Waals surface area contributed by atoms with Crippen molar-refractivity contribution in [2.75, 3.05) is 38.7 Å². The Bertz CT molecular complexity index is 837. The van der Waals surface area contributed by atoms with Crippen molar-refractivity contribution >= 4 is 11.7 Å². The molecule has 10 heteroatoms. The number of carbonyl (C=O) groups is 1. The molecule has 2 heterocycles. The molecule has 1 aliphatic rings. The zero-order chi connectivity index (χ0) is 22.3. The van der Waals surface area contributed by atoms with E-state index in [9.17, 15) is 18.0 Å². The van der Waals surface area contributed by atoms with E-state index >= 15 is 0 Å². The summed E-state index contributed by atoms with van der Waals surface area (Å²) in [6.07, 6.45) is 0.491. The van der Waals surface area contributed by atoms with Crippen LogP contribution in [0.15, 0.2) is 41.0 Å². The summed E-state index contributed by atoms with van der Waals surface area (Å²) in [4.78, 5) is 14.7. The lowest BCUT2D eigenvalue weighted by molar-refractivity contribution is -0.153. The number of hydrogen-bond donors (Lipinski definition) is 2. The van der Waals surface area contributed by atoms with Crippen molar-refractivity contribution in [3.05, 3.63) is 42.4 Å². The molecule has 2 N–H and O–H groups in total.